The number of nitrogens with two attached hydrogens (primary N) is 1. The fourth-order valence-corrected chi connectivity index (χ4v) is 1.18. The lowest BCUT2D eigenvalue weighted by Crippen LogP contribution is -2.12. The number of carbonyl (C=O) groups is 2. The molecule has 4 heteroatoms. The van der Waals surface area contributed by atoms with Crippen molar-refractivity contribution in [2.75, 3.05) is 7.11 Å². The zero-order valence-electron chi connectivity index (χ0n) is 8.53. The van der Waals surface area contributed by atoms with Crippen LogP contribution in [0.1, 0.15) is 23.2 Å². The molecule has 0 aliphatic rings. The molecule has 0 radical (unpaired) electrons. The summed E-state index contributed by atoms with van der Waals surface area (Å²) in [5.74, 6) is 0.0545. The van der Waals surface area contributed by atoms with Gasteiger partial charge in [0.2, 0.25) is 5.91 Å². The molecule has 0 spiro atoms. The number of rotatable bonds is 5. The Morgan fingerprint density at radius 3 is 2.67 bits per heavy atom. The van der Waals surface area contributed by atoms with Gasteiger partial charge in [-0.3, -0.25) is 9.59 Å². The summed E-state index contributed by atoms with van der Waals surface area (Å²) < 4.78 is 4.99. The van der Waals surface area contributed by atoms with Gasteiger partial charge in [-0.05, 0) is 12.1 Å². The van der Waals surface area contributed by atoms with Crippen LogP contribution in [0.5, 0.6) is 5.75 Å². The lowest BCUT2D eigenvalue weighted by atomic mass is 10.1. The van der Waals surface area contributed by atoms with Crippen LogP contribution in [-0.4, -0.2) is 18.8 Å². The number of methoxy groups -OCH3 is 1. The quantitative estimate of drug-likeness (QED) is 0.736. The Morgan fingerprint density at radius 2 is 2.07 bits per heavy atom. The van der Waals surface area contributed by atoms with Crippen molar-refractivity contribution in [3.63, 3.8) is 0 Å². The van der Waals surface area contributed by atoms with Crippen molar-refractivity contribution >= 4 is 11.7 Å². The van der Waals surface area contributed by atoms with Crippen LogP contribution >= 0.6 is 0 Å². The number of ether oxygens (including phenoxy) is 1. The highest BCUT2D eigenvalue weighted by atomic mass is 16.5. The van der Waals surface area contributed by atoms with Crippen molar-refractivity contribution in [1.82, 2.24) is 0 Å². The molecular weight excluding hydrogens is 194 g/mol. The molecule has 0 saturated heterocycles. The van der Waals surface area contributed by atoms with Crippen molar-refractivity contribution in [3.8, 4) is 5.75 Å². The monoisotopic (exact) mass is 207 g/mol. The molecule has 2 N–H and O–H groups in total. The van der Waals surface area contributed by atoms with Gasteiger partial charge in [-0.2, -0.15) is 0 Å². The lowest BCUT2D eigenvalue weighted by Gasteiger charge is -2.02. The summed E-state index contributed by atoms with van der Waals surface area (Å²) in [4.78, 5) is 22.1. The van der Waals surface area contributed by atoms with Crippen molar-refractivity contribution in [3.05, 3.63) is 29.8 Å². The Kier molecular flexibility index (Phi) is 3.85. The van der Waals surface area contributed by atoms with Crippen LogP contribution in [0.15, 0.2) is 24.3 Å². The van der Waals surface area contributed by atoms with Crippen LogP contribution in [0.3, 0.4) is 0 Å². The standard InChI is InChI=1S/C11H13NO3/c1-15-9-4-2-3-8(7-9)10(13)5-6-11(12)14/h2-4,7H,5-6H2,1H3,(H2,12,14). The van der Waals surface area contributed by atoms with Gasteiger partial charge in [-0.15, -0.1) is 0 Å². The summed E-state index contributed by atoms with van der Waals surface area (Å²) in [5.41, 5.74) is 5.50. The van der Waals surface area contributed by atoms with Crippen LogP contribution in [0.4, 0.5) is 0 Å². The van der Waals surface area contributed by atoms with Gasteiger partial charge in [-0.25, -0.2) is 0 Å². The van der Waals surface area contributed by atoms with Crippen molar-refractivity contribution in [1.29, 1.82) is 0 Å². The number of amides is 1. The molecule has 15 heavy (non-hydrogen) atoms. The van der Waals surface area contributed by atoms with E-state index in [1.807, 2.05) is 0 Å². The molecule has 1 rings (SSSR count). The maximum absolute atomic E-state index is 11.6. The van der Waals surface area contributed by atoms with E-state index in [0.29, 0.717) is 11.3 Å². The highest BCUT2D eigenvalue weighted by Gasteiger charge is 2.07. The summed E-state index contributed by atoms with van der Waals surface area (Å²) >= 11 is 0. The molecule has 0 fully saturated rings. The number of hydrogen-bond acceptors (Lipinski definition) is 3. The van der Waals surface area contributed by atoms with Crippen molar-refractivity contribution in [2.24, 2.45) is 5.73 Å². The highest BCUT2D eigenvalue weighted by molar-refractivity contribution is 5.98. The van der Waals surface area contributed by atoms with E-state index in [9.17, 15) is 9.59 Å². The molecule has 0 saturated carbocycles. The third-order valence-corrected chi connectivity index (χ3v) is 1.99. The number of carbonyl (C=O) groups excluding carboxylic acids is 2. The summed E-state index contributed by atoms with van der Waals surface area (Å²) in [5, 5.41) is 0. The Balaban J connectivity index is 2.69. The second kappa shape index (κ2) is 5.14. The topological polar surface area (TPSA) is 69.4 Å². The minimum atomic E-state index is -0.466. The maximum Gasteiger partial charge on any atom is 0.217 e. The van der Waals surface area contributed by atoms with E-state index < -0.39 is 5.91 Å². The van der Waals surface area contributed by atoms with Crippen LogP contribution in [-0.2, 0) is 4.79 Å². The van der Waals surface area contributed by atoms with Gasteiger partial charge in [0.25, 0.3) is 0 Å². The fourth-order valence-electron chi connectivity index (χ4n) is 1.18. The third kappa shape index (κ3) is 3.42. The number of benzene rings is 1. The van der Waals surface area contributed by atoms with Gasteiger partial charge in [0.1, 0.15) is 5.75 Å². The molecule has 0 unspecified atom stereocenters. The minimum Gasteiger partial charge on any atom is -0.497 e. The molecule has 1 amide bonds. The van der Waals surface area contributed by atoms with E-state index in [1.165, 1.54) is 7.11 Å². The highest BCUT2D eigenvalue weighted by Crippen LogP contribution is 2.14. The van der Waals surface area contributed by atoms with Crippen LogP contribution in [0.2, 0.25) is 0 Å². The number of ketones is 1. The molecular formula is C11H13NO3. The molecule has 0 atom stereocenters. The molecule has 0 aliphatic carbocycles. The molecule has 0 bridgehead atoms. The Labute approximate surface area is 88.0 Å². The second-order valence-electron chi connectivity index (χ2n) is 3.12. The SMILES string of the molecule is COc1cccc(C(=O)CCC(N)=O)c1. The molecule has 4 nitrogen and oxygen atoms in total. The molecule has 80 valence electrons. The summed E-state index contributed by atoms with van der Waals surface area (Å²) in [6.07, 6.45) is 0.221. The Morgan fingerprint density at radius 1 is 1.33 bits per heavy atom. The molecule has 0 heterocycles. The number of Topliss-reactive ketones (excluding diaryl/α,β-unsaturated/α-hetero) is 1. The first-order valence-electron chi connectivity index (χ1n) is 4.59. The van der Waals surface area contributed by atoms with Gasteiger partial charge in [0, 0.05) is 18.4 Å². The van der Waals surface area contributed by atoms with Gasteiger partial charge >= 0.3 is 0 Å². The largest absolute Gasteiger partial charge is 0.497 e. The van der Waals surface area contributed by atoms with E-state index >= 15 is 0 Å². The molecule has 0 aromatic heterocycles. The number of primary amides is 1. The normalized spacial score (nSPS) is 9.67. The summed E-state index contributed by atoms with van der Waals surface area (Å²) in [7, 11) is 1.53. The smallest absolute Gasteiger partial charge is 0.217 e. The van der Waals surface area contributed by atoms with Crippen LogP contribution in [0.25, 0.3) is 0 Å². The summed E-state index contributed by atoms with van der Waals surface area (Å²) in [6, 6.07) is 6.82. The predicted molar refractivity (Wildman–Crippen MR) is 55.8 cm³/mol. The van der Waals surface area contributed by atoms with Gasteiger partial charge in [-0.1, -0.05) is 12.1 Å². The van der Waals surface area contributed by atoms with Crippen LogP contribution in [0, 0.1) is 0 Å². The number of hydrogen-bond donors (Lipinski definition) is 1. The van der Waals surface area contributed by atoms with E-state index in [0.717, 1.165) is 0 Å². The first kappa shape index (κ1) is 11.2. The predicted octanol–water partition coefficient (Wildman–Crippen LogP) is 1.14. The average Bonchev–Trinajstić information content (AvgIpc) is 2.26. The third-order valence-electron chi connectivity index (χ3n) is 1.99. The average molecular weight is 207 g/mol. The Hall–Kier alpha value is -1.84. The van der Waals surface area contributed by atoms with Crippen LogP contribution < -0.4 is 10.5 Å². The van der Waals surface area contributed by atoms with E-state index in [1.54, 1.807) is 24.3 Å². The lowest BCUT2D eigenvalue weighted by molar-refractivity contribution is -0.118. The molecule has 0 aliphatic heterocycles. The zero-order chi connectivity index (χ0) is 11.3. The Bertz CT molecular complexity index is 374. The van der Waals surface area contributed by atoms with Crippen molar-refractivity contribution in [2.45, 2.75) is 12.8 Å². The molecule has 1 aromatic rings. The second-order valence-corrected chi connectivity index (χ2v) is 3.12. The van der Waals surface area contributed by atoms with E-state index in [4.69, 9.17) is 10.5 Å². The first-order chi connectivity index (χ1) is 7.13. The molecule has 1 aromatic carbocycles. The first-order valence-corrected chi connectivity index (χ1v) is 4.59. The van der Waals surface area contributed by atoms with Gasteiger partial charge in [0.15, 0.2) is 5.78 Å². The maximum atomic E-state index is 11.6. The van der Waals surface area contributed by atoms with E-state index in [2.05, 4.69) is 0 Å². The van der Waals surface area contributed by atoms with E-state index in [-0.39, 0.29) is 18.6 Å². The van der Waals surface area contributed by atoms with Gasteiger partial charge in [0.05, 0.1) is 7.11 Å². The fraction of sp³-hybridized carbons (Fsp3) is 0.273. The van der Waals surface area contributed by atoms with Crippen molar-refractivity contribution < 1.29 is 14.3 Å². The summed E-state index contributed by atoms with van der Waals surface area (Å²) in [6.45, 7) is 0. The van der Waals surface area contributed by atoms with Gasteiger partial charge < -0.3 is 10.5 Å². The minimum absolute atomic E-state index is 0.0794. The zero-order valence-corrected chi connectivity index (χ0v) is 8.53.